The molecule has 0 aliphatic carbocycles. The van der Waals surface area contributed by atoms with Gasteiger partial charge >= 0.3 is 0 Å². The third-order valence-corrected chi connectivity index (χ3v) is 5.66. The quantitative estimate of drug-likeness (QED) is 0.446. The molecule has 3 aromatic rings. The first-order valence-electron chi connectivity index (χ1n) is 7.99. The van der Waals surface area contributed by atoms with Gasteiger partial charge in [0.05, 0.1) is 0 Å². The predicted octanol–water partition coefficient (Wildman–Crippen LogP) is 3.02. The number of primary amides is 1. The maximum Gasteiger partial charge on any atom is 0.297 e. The molecule has 1 amide bonds. The van der Waals surface area contributed by atoms with Crippen LogP contribution in [0.25, 0.3) is 0 Å². The van der Waals surface area contributed by atoms with E-state index >= 15 is 0 Å². The lowest BCUT2D eigenvalue weighted by Crippen LogP contribution is -2.26. The number of carbonyl (C=O) groups is 1. The van der Waals surface area contributed by atoms with Crippen LogP contribution in [0.1, 0.15) is 15.2 Å². The highest BCUT2D eigenvalue weighted by molar-refractivity contribution is 7.98. The number of nitrogens with two attached hydrogens (primary N) is 1. The number of allylic oxidation sites excluding steroid dienone is 1. The molecule has 9 heteroatoms. The number of thiophene rings is 1. The van der Waals surface area contributed by atoms with Crippen LogP contribution in [0.15, 0.2) is 64.4 Å². The number of hydrogen-bond acceptors (Lipinski definition) is 7. The third-order valence-electron chi connectivity index (χ3n) is 3.58. The largest absolute Gasteiger partial charge is 0.366 e. The van der Waals surface area contributed by atoms with E-state index in [9.17, 15) is 9.59 Å². The van der Waals surface area contributed by atoms with Crippen molar-refractivity contribution in [2.45, 2.75) is 17.5 Å². The molecule has 0 saturated heterocycles. The van der Waals surface area contributed by atoms with Gasteiger partial charge in [-0.3, -0.25) is 14.2 Å². The van der Waals surface area contributed by atoms with Gasteiger partial charge in [0.15, 0.2) is 5.16 Å². The van der Waals surface area contributed by atoms with Gasteiger partial charge < -0.3 is 11.1 Å². The Morgan fingerprint density at radius 3 is 2.70 bits per heavy atom. The second kappa shape index (κ2) is 8.65. The number of aromatic nitrogens is 3. The number of hydrogen-bond donors (Lipinski definition) is 2. The van der Waals surface area contributed by atoms with E-state index in [1.54, 1.807) is 41.7 Å². The van der Waals surface area contributed by atoms with Gasteiger partial charge in [-0.1, -0.05) is 23.9 Å². The lowest BCUT2D eigenvalue weighted by Gasteiger charge is -2.11. The van der Waals surface area contributed by atoms with Crippen molar-refractivity contribution < 1.29 is 4.79 Å². The zero-order chi connectivity index (χ0) is 19.2. The fourth-order valence-corrected chi connectivity index (χ4v) is 3.98. The van der Waals surface area contributed by atoms with Crippen LogP contribution in [0.5, 0.6) is 0 Å². The van der Waals surface area contributed by atoms with Gasteiger partial charge in [-0.15, -0.1) is 28.1 Å². The Labute approximate surface area is 163 Å². The first-order chi connectivity index (χ1) is 13.1. The molecule has 7 nitrogen and oxygen atoms in total. The van der Waals surface area contributed by atoms with Gasteiger partial charge in [0, 0.05) is 28.4 Å². The Hall–Kier alpha value is -2.91. The summed E-state index contributed by atoms with van der Waals surface area (Å²) < 4.78 is 1.53. The van der Waals surface area contributed by atoms with Crippen molar-refractivity contribution in [2.75, 3.05) is 5.32 Å². The van der Waals surface area contributed by atoms with E-state index in [-0.39, 0.29) is 11.4 Å². The summed E-state index contributed by atoms with van der Waals surface area (Å²) >= 11 is 3.10. The predicted molar refractivity (Wildman–Crippen MR) is 109 cm³/mol. The topological polar surface area (TPSA) is 103 Å². The number of thioether (sulfide) groups is 1. The Kier molecular flexibility index (Phi) is 6.05. The van der Waals surface area contributed by atoms with E-state index < -0.39 is 5.91 Å². The number of benzene rings is 1. The minimum Gasteiger partial charge on any atom is -0.366 e. The molecule has 0 unspecified atom stereocenters. The molecule has 138 valence electrons. The molecule has 2 aromatic heterocycles. The van der Waals surface area contributed by atoms with Crippen molar-refractivity contribution in [1.29, 1.82) is 0 Å². The molecule has 0 bridgehead atoms. The Morgan fingerprint density at radius 1 is 1.30 bits per heavy atom. The smallest absolute Gasteiger partial charge is 0.297 e. The van der Waals surface area contributed by atoms with E-state index in [4.69, 9.17) is 5.73 Å². The highest BCUT2D eigenvalue weighted by Gasteiger charge is 2.13. The van der Waals surface area contributed by atoms with Crippen molar-refractivity contribution in [3.05, 3.63) is 75.2 Å². The Balaban J connectivity index is 1.83. The number of anilines is 2. The third kappa shape index (κ3) is 4.63. The van der Waals surface area contributed by atoms with Gasteiger partial charge in [-0.05, 0) is 35.7 Å². The van der Waals surface area contributed by atoms with Crippen molar-refractivity contribution in [3.8, 4) is 0 Å². The van der Waals surface area contributed by atoms with Crippen LogP contribution in [-0.2, 0) is 12.3 Å². The number of nitrogens with one attached hydrogen (secondary N) is 1. The van der Waals surface area contributed by atoms with E-state index in [0.717, 1.165) is 0 Å². The van der Waals surface area contributed by atoms with Crippen molar-refractivity contribution in [2.24, 2.45) is 5.73 Å². The first-order valence-corrected chi connectivity index (χ1v) is 9.85. The second-order valence-electron chi connectivity index (χ2n) is 5.47. The standard InChI is InChI=1S/C18H17N5O2S2/c1-2-9-23-17(25)16(20-13-7-5-12(6-8-13)15(19)24)21-22-18(23)27-11-14-4-3-10-26-14/h2-8,10H,1,9,11H2,(H2,19,24)(H,20,21). The molecule has 1 aromatic carbocycles. The van der Waals surface area contributed by atoms with Gasteiger partial charge in [0.1, 0.15) is 0 Å². The van der Waals surface area contributed by atoms with Gasteiger partial charge in [-0.25, -0.2) is 0 Å². The summed E-state index contributed by atoms with van der Waals surface area (Å²) in [5.74, 6) is 0.301. The molecular weight excluding hydrogens is 382 g/mol. The van der Waals surface area contributed by atoms with E-state index in [0.29, 0.717) is 28.7 Å². The average molecular weight is 400 g/mol. The number of rotatable bonds is 8. The summed E-state index contributed by atoms with van der Waals surface area (Å²) in [5.41, 5.74) is 5.93. The zero-order valence-corrected chi connectivity index (χ0v) is 15.9. The normalized spacial score (nSPS) is 10.5. The summed E-state index contributed by atoms with van der Waals surface area (Å²) in [6, 6.07) is 10.5. The van der Waals surface area contributed by atoms with Gasteiger partial charge in [0.25, 0.3) is 5.56 Å². The lowest BCUT2D eigenvalue weighted by molar-refractivity contribution is 0.100. The molecular formula is C18H17N5O2S2. The summed E-state index contributed by atoms with van der Waals surface area (Å²) in [6.07, 6.45) is 1.64. The van der Waals surface area contributed by atoms with Gasteiger partial charge in [-0.2, -0.15) is 0 Å². The summed E-state index contributed by atoms with van der Waals surface area (Å²) in [7, 11) is 0. The van der Waals surface area contributed by atoms with E-state index in [2.05, 4.69) is 22.1 Å². The minimum absolute atomic E-state index is 0.101. The maximum atomic E-state index is 12.8. The molecule has 3 N–H and O–H groups in total. The molecule has 0 aliphatic rings. The molecule has 2 heterocycles. The van der Waals surface area contributed by atoms with E-state index in [1.807, 2.05) is 17.5 Å². The van der Waals surface area contributed by atoms with Crippen LogP contribution in [0.4, 0.5) is 11.5 Å². The highest BCUT2D eigenvalue weighted by Crippen LogP contribution is 2.23. The fourth-order valence-electron chi connectivity index (χ4n) is 2.26. The zero-order valence-electron chi connectivity index (χ0n) is 14.3. The van der Waals surface area contributed by atoms with Crippen LogP contribution in [0, 0.1) is 0 Å². The molecule has 0 saturated carbocycles. The van der Waals surface area contributed by atoms with Crippen LogP contribution in [0.2, 0.25) is 0 Å². The fraction of sp³-hybridized carbons (Fsp3) is 0.111. The summed E-state index contributed by atoms with van der Waals surface area (Å²) in [6.45, 7) is 4.04. The van der Waals surface area contributed by atoms with Crippen molar-refractivity contribution >= 4 is 40.5 Å². The molecule has 0 atom stereocenters. The number of carbonyl (C=O) groups excluding carboxylic acids is 1. The number of nitrogens with zero attached hydrogens (tertiary/aromatic N) is 3. The molecule has 27 heavy (non-hydrogen) atoms. The van der Waals surface area contributed by atoms with Crippen LogP contribution >= 0.6 is 23.1 Å². The average Bonchev–Trinajstić information content (AvgIpc) is 3.18. The van der Waals surface area contributed by atoms with Crippen molar-refractivity contribution in [1.82, 2.24) is 14.8 Å². The molecule has 0 spiro atoms. The SMILES string of the molecule is C=CCn1c(SCc2cccs2)nnc(Nc2ccc(C(N)=O)cc2)c1=O. The summed E-state index contributed by atoms with van der Waals surface area (Å²) in [4.78, 5) is 25.1. The van der Waals surface area contributed by atoms with Crippen LogP contribution < -0.4 is 16.6 Å². The van der Waals surface area contributed by atoms with Crippen LogP contribution in [0.3, 0.4) is 0 Å². The molecule has 0 radical (unpaired) electrons. The molecule has 0 fully saturated rings. The monoisotopic (exact) mass is 399 g/mol. The first kappa shape index (κ1) is 18.9. The van der Waals surface area contributed by atoms with Gasteiger partial charge in [0.2, 0.25) is 11.7 Å². The maximum absolute atomic E-state index is 12.8. The van der Waals surface area contributed by atoms with Crippen molar-refractivity contribution in [3.63, 3.8) is 0 Å². The summed E-state index contributed by atoms with van der Waals surface area (Å²) in [5, 5.41) is 13.7. The van der Waals surface area contributed by atoms with Crippen LogP contribution in [-0.4, -0.2) is 20.7 Å². The molecule has 3 rings (SSSR count). The second-order valence-corrected chi connectivity index (χ2v) is 7.44. The Morgan fingerprint density at radius 2 is 2.07 bits per heavy atom. The van der Waals surface area contributed by atoms with E-state index in [1.165, 1.54) is 21.2 Å². The Bertz CT molecular complexity index is 998. The lowest BCUT2D eigenvalue weighted by atomic mass is 10.2. The minimum atomic E-state index is -0.512. The highest BCUT2D eigenvalue weighted by atomic mass is 32.2. The molecule has 0 aliphatic heterocycles. The number of amides is 1.